The van der Waals surface area contributed by atoms with Gasteiger partial charge in [0.15, 0.2) is 0 Å². The van der Waals surface area contributed by atoms with Crippen LogP contribution in [0, 0.1) is 5.41 Å². The molecule has 118 valence electrons. The van der Waals surface area contributed by atoms with E-state index in [-0.39, 0.29) is 12.3 Å². The van der Waals surface area contributed by atoms with Gasteiger partial charge in [-0.3, -0.25) is 4.79 Å². The molecular formula is C13H21N3O3S2. The predicted octanol–water partition coefficient (Wildman–Crippen LogP) is 0.792. The summed E-state index contributed by atoms with van der Waals surface area (Å²) in [6, 6.07) is 7.26. The Hall–Kier alpha value is -1.25. The van der Waals surface area contributed by atoms with Crippen molar-refractivity contribution in [1.82, 2.24) is 4.72 Å². The number of carbonyl (C=O) groups is 1. The van der Waals surface area contributed by atoms with Gasteiger partial charge < -0.3 is 11.5 Å². The van der Waals surface area contributed by atoms with Gasteiger partial charge in [-0.05, 0) is 32.0 Å². The Morgan fingerprint density at radius 1 is 1.38 bits per heavy atom. The highest BCUT2D eigenvalue weighted by Gasteiger charge is 2.26. The van der Waals surface area contributed by atoms with Crippen molar-refractivity contribution in [3.63, 3.8) is 0 Å². The van der Waals surface area contributed by atoms with E-state index in [1.165, 1.54) is 11.8 Å². The molecule has 8 heteroatoms. The largest absolute Gasteiger partial charge is 0.399 e. The van der Waals surface area contributed by atoms with Crippen LogP contribution in [0.5, 0.6) is 0 Å². The molecule has 1 amide bonds. The van der Waals surface area contributed by atoms with Crippen molar-refractivity contribution in [3.8, 4) is 0 Å². The molecule has 0 aliphatic rings. The molecule has 0 aliphatic heterocycles. The number of hydrogen-bond acceptors (Lipinski definition) is 5. The number of nitrogens with two attached hydrogens (primary N) is 2. The normalized spacial score (nSPS) is 12.3. The Bertz CT molecular complexity index is 600. The molecular weight excluding hydrogens is 310 g/mol. The van der Waals surface area contributed by atoms with Gasteiger partial charge in [0, 0.05) is 22.9 Å². The van der Waals surface area contributed by atoms with Gasteiger partial charge in [0.2, 0.25) is 15.9 Å². The second kappa shape index (κ2) is 7.15. The van der Waals surface area contributed by atoms with Crippen molar-refractivity contribution < 1.29 is 13.2 Å². The quantitative estimate of drug-likeness (QED) is 0.481. The number of amides is 1. The minimum absolute atomic E-state index is 0.00633. The highest BCUT2D eigenvalue weighted by Crippen LogP contribution is 2.20. The number of benzene rings is 1. The molecule has 0 fully saturated rings. The maximum absolute atomic E-state index is 11.9. The standard InChI is InChI=1S/C13H21N3O3S2/c1-13(2,12(15)17)9-16-21(18,19)7-6-20-11-5-3-4-10(14)8-11/h3-5,8,16H,6-7,9,14H2,1-2H3,(H2,15,17). The summed E-state index contributed by atoms with van der Waals surface area (Å²) in [5, 5.41) is 0. The number of sulfonamides is 1. The summed E-state index contributed by atoms with van der Waals surface area (Å²) in [4.78, 5) is 12.1. The lowest BCUT2D eigenvalue weighted by Gasteiger charge is -2.20. The van der Waals surface area contributed by atoms with Gasteiger partial charge in [-0.25, -0.2) is 13.1 Å². The van der Waals surface area contributed by atoms with Crippen LogP contribution in [0.2, 0.25) is 0 Å². The number of nitrogens with one attached hydrogen (secondary N) is 1. The summed E-state index contributed by atoms with van der Waals surface area (Å²) < 4.78 is 26.1. The Balaban J connectivity index is 2.45. The van der Waals surface area contributed by atoms with Crippen LogP contribution in [0.1, 0.15) is 13.8 Å². The van der Waals surface area contributed by atoms with Crippen molar-refractivity contribution >= 4 is 33.4 Å². The van der Waals surface area contributed by atoms with Crippen LogP contribution >= 0.6 is 11.8 Å². The van der Waals surface area contributed by atoms with E-state index in [1.54, 1.807) is 26.0 Å². The lowest BCUT2D eigenvalue weighted by atomic mass is 9.93. The lowest BCUT2D eigenvalue weighted by Crippen LogP contribution is -2.43. The van der Waals surface area contributed by atoms with Gasteiger partial charge in [-0.15, -0.1) is 11.8 Å². The summed E-state index contributed by atoms with van der Waals surface area (Å²) in [7, 11) is -3.44. The smallest absolute Gasteiger partial charge is 0.224 e. The van der Waals surface area contributed by atoms with Crippen molar-refractivity contribution in [2.75, 3.05) is 23.8 Å². The van der Waals surface area contributed by atoms with Crippen molar-refractivity contribution in [2.45, 2.75) is 18.7 Å². The zero-order valence-electron chi connectivity index (χ0n) is 12.1. The summed E-state index contributed by atoms with van der Waals surface area (Å²) in [6.07, 6.45) is 0. The van der Waals surface area contributed by atoms with Gasteiger partial charge in [0.1, 0.15) is 0 Å². The van der Waals surface area contributed by atoms with Gasteiger partial charge in [-0.1, -0.05) is 6.07 Å². The summed E-state index contributed by atoms with van der Waals surface area (Å²) in [5.74, 6) is -0.184. The Labute approximate surface area is 129 Å². The molecule has 0 atom stereocenters. The van der Waals surface area contributed by atoms with E-state index < -0.39 is 21.3 Å². The summed E-state index contributed by atoms with van der Waals surface area (Å²) in [5.41, 5.74) is 10.6. The fourth-order valence-electron chi connectivity index (χ4n) is 1.32. The number of anilines is 1. The van der Waals surface area contributed by atoms with Crippen LogP contribution in [-0.2, 0) is 14.8 Å². The molecule has 0 spiro atoms. The first-order valence-electron chi connectivity index (χ1n) is 6.38. The second-order valence-electron chi connectivity index (χ2n) is 5.31. The number of nitrogen functional groups attached to an aromatic ring is 1. The van der Waals surface area contributed by atoms with E-state index in [1.807, 2.05) is 12.1 Å². The molecule has 21 heavy (non-hydrogen) atoms. The van der Waals surface area contributed by atoms with E-state index in [2.05, 4.69) is 4.72 Å². The third kappa shape index (κ3) is 6.36. The van der Waals surface area contributed by atoms with Crippen LogP contribution in [0.4, 0.5) is 5.69 Å². The number of rotatable bonds is 8. The summed E-state index contributed by atoms with van der Waals surface area (Å²) in [6.45, 7) is 3.19. The molecule has 1 aromatic carbocycles. The third-order valence-corrected chi connectivity index (χ3v) is 5.46. The van der Waals surface area contributed by atoms with Crippen molar-refractivity contribution in [1.29, 1.82) is 0 Å². The predicted molar refractivity (Wildman–Crippen MR) is 86.3 cm³/mol. The maximum atomic E-state index is 11.9. The van der Waals surface area contributed by atoms with Crippen LogP contribution in [0.25, 0.3) is 0 Å². The SMILES string of the molecule is CC(C)(CNS(=O)(=O)CCSc1cccc(N)c1)C(N)=O. The highest BCUT2D eigenvalue weighted by molar-refractivity contribution is 8.00. The molecule has 0 saturated carbocycles. The van der Waals surface area contributed by atoms with Gasteiger partial charge >= 0.3 is 0 Å². The van der Waals surface area contributed by atoms with Gasteiger partial charge in [-0.2, -0.15) is 0 Å². The average molecular weight is 331 g/mol. The lowest BCUT2D eigenvalue weighted by molar-refractivity contribution is -0.125. The molecule has 0 heterocycles. The van der Waals surface area contributed by atoms with E-state index >= 15 is 0 Å². The molecule has 0 bridgehead atoms. The van der Waals surface area contributed by atoms with E-state index in [9.17, 15) is 13.2 Å². The number of primary amides is 1. The first kappa shape index (κ1) is 17.8. The molecule has 0 aliphatic carbocycles. The van der Waals surface area contributed by atoms with Gasteiger partial charge in [0.05, 0.1) is 11.2 Å². The molecule has 5 N–H and O–H groups in total. The van der Waals surface area contributed by atoms with Crippen LogP contribution in [0.3, 0.4) is 0 Å². The first-order chi connectivity index (χ1) is 9.62. The zero-order valence-corrected chi connectivity index (χ0v) is 13.8. The molecule has 1 aromatic rings. The van der Waals surface area contributed by atoms with Crippen molar-refractivity contribution in [3.05, 3.63) is 24.3 Å². The molecule has 0 saturated heterocycles. The second-order valence-corrected chi connectivity index (χ2v) is 8.40. The highest BCUT2D eigenvalue weighted by atomic mass is 32.2. The van der Waals surface area contributed by atoms with Crippen LogP contribution < -0.4 is 16.2 Å². The number of carbonyl (C=O) groups excluding carboxylic acids is 1. The Morgan fingerprint density at radius 3 is 2.62 bits per heavy atom. The fraction of sp³-hybridized carbons (Fsp3) is 0.462. The zero-order chi connectivity index (χ0) is 16.1. The van der Waals surface area contributed by atoms with Gasteiger partial charge in [0.25, 0.3) is 0 Å². The van der Waals surface area contributed by atoms with Crippen LogP contribution in [-0.4, -0.2) is 32.4 Å². The first-order valence-corrected chi connectivity index (χ1v) is 9.02. The molecule has 1 rings (SSSR count). The monoisotopic (exact) mass is 331 g/mol. The molecule has 0 aromatic heterocycles. The van der Waals surface area contributed by atoms with E-state index in [0.29, 0.717) is 11.4 Å². The number of hydrogen-bond donors (Lipinski definition) is 3. The topological polar surface area (TPSA) is 115 Å². The Kier molecular flexibility index (Phi) is 6.06. The number of thioether (sulfide) groups is 1. The molecule has 6 nitrogen and oxygen atoms in total. The minimum Gasteiger partial charge on any atom is -0.399 e. The Morgan fingerprint density at radius 2 is 2.05 bits per heavy atom. The fourth-order valence-corrected chi connectivity index (χ4v) is 3.89. The molecule has 0 unspecified atom stereocenters. The minimum atomic E-state index is -3.44. The van der Waals surface area contributed by atoms with E-state index in [0.717, 1.165) is 4.90 Å². The van der Waals surface area contributed by atoms with Crippen molar-refractivity contribution in [2.24, 2.45) is 11.1 Å². The maximum Gasteiger partial charge on any atom is 0.224 e. The summed E-state index contributed by atoms with van der Waals surface area (Å²) >= 11 is 1.41. The molecule has 0 radical (unpaired) electrons. The van der Waals surface area contributed by atoms with E-state index in [4.69, 9.17) is 11.5 Å². The third-order valence-electron chi connectivity index (χ3n) is 2.88. The average Bonchev–Trinajstić information content (AvgIpc) is 2.36. The van der Waals surface area contributed by atoms with Crippen LogP contribution in [0.15, 0.2) is 29.2 Å².